The number of hydrogen-bond acceptors (Lipinski definition) is 3. The first kappa shape index (κ1) is 13.7. The van der Waals surface area contributed by atoms with Crippen LogP contribution >= 0.6 is 0 Å². The lowest BCUT2D eigenvalue weighted by molar-refractivity contribution is 0.288. The molecule has 94 valence electrons. The summed E-state index contributed by atoms with van der Waals surface area (Å²) in [7, 11) is 0. The van der Waals surface area contributed by atoms with Gasteiger partial charge in [0.2, 0.25) is 0 Å². The molecule has 2 N–H and O–H groups in total. The van der Waals surface area contributed by atoms with Crippen LogP contribution < -0.4 is 4.74 Å². The third kappa shape index (κ3) is 5.52. The first-order chi connectivity index (χ1) is 8.26. The second-order valence-corrected chi connectivity index (χ2v) is 3.99. The Balaban J connectivity index is 2.40. The monoisotopic (exact) mass is 236 g/mol. The molecule has 3 nitrogen and oxygen atoms in total. The summed E-state index contributed by atoms with van der Waals surface area (Å²) >= 11 is 0. The zero-order valence-corrected chi connectivity index (χ0v) is 10.2. The van der Waals surface area contributed by atoms with Gasteiger partial charge in [-0.05, 0) is 49.1 Å². The molecule has 0 aliphatic rings. The largest absolute Gasteiger partial charge is 0.490 e. The van der Waals surface area contributed by atoms with E-state index in [0.717, 1.165) is 24.2 Å². The van der Waals surface area contributed by atoms with Crippen molar-refractivity contribution in [1.29, 1.82) is 0 Å². The molecule has 0 spiro atoms. The number of benzene rings is 1. The van der Waals surface area contributed by atoms with Crippen LogP contribution in [0, 0.1) is 0 Å². The van der Waals surface area contributed by atoms with Gasteiger partial charge >= 0.3 is 0 Å². The highest BCUT2D eigenvalue weighted by atomic mass is 16.5. The van der Waals surface area contributed by atoms with Crippen LogP contribution in [0.15, 0.2) is 35.9 Å². The Labute approximate surface area is 102 Å². The molecule has 0 saturated heterocycles. The quantitative estimate of drug-likeness (QED) is 0.711. The minimum atomic E-state index is 0.0729. The van der Waals surface area contributed by atoms with Gasteiger partial charge in [0.25, 0.3) is 0 Å². The van der Waals surface area contributed by atoms with Crippen LogP contribution in [0.2, 0.25) is 0 Å². The first-order valence-electron chi connectivity index (χ1n) is 5.85. The van der Waals surface area contributed by atoms with Gasteiger partial charge in [-0.3, -0.25) is 0 Å². The van der Waals surface area contributed by atoms with E-state index in [1.54, 1.807) is 0 Å². The zero-order chi connectivity index (χ0) is 12.5. The van der Waals surface area contributed by atoms with Crippen LogP contribution in [0.25, 0.3) is 0 Å². The van der Waals surface area contributed by atoms with E-state index < -0.39 is 0 Å². The first-order valence-corrected chi connectivity index (χ1v) is 5.85. The van der Waals surface area contributed by atoms with Crippen molar-refractivity contribution in [2.45, 2.75) is 19.8 Å². The van der Waals surface area contributed by atoms with Crippen molar-refractivity contribution in [1.82, 2.24) is 0 Å². The molecule has 0 atom stereocenters. The Morgan fingerprint density at radius 3 is 2.53 bits per heavy atom. The average Bonchev–Trinajstić information content (AvgIpc) is 2.37. The van der Waals surface area contributed by atoms with E-state index in [2.05, 4.69) is 0 Å². The van der Waals surface area contributed by atoms with Crippen molar-refractivity contribution in [2.75, 3.05) is 19.8 Å². The molecule has 0 bridgehead atoms. The van der Waals surface area contributed by atoms with Gasteiger partial charge in [-0.25, -0.2) is 0 Å². The third-order valence-corrected chi connectivity index (χ3v) is 2.48. The molecule has 0 heterocycles. The lowest BCUT2D eigenvalue weighted by atomic mass is 10.1. The fourth-order valence-corrected chi connectivity index (χ4v) is 1.38. The van der Waals surface area contributed by atoms with Crippen LogP contribution in [0.3, 0.4) is 0 Å². The van der Waals surface area contributed by atoms with Crippen molar-refractivity contribution in [3.63, 3.8) is 0 Å². The van der Waals surface area contributed by atoms with E-state index in [4.69, 9.17) is 14.9 Å². The second kappa shape index (κ2) is 7.87. The van der Waals surface area contributed by atoms with Gasteiger partial charge < -0.3 is 14.9 Å². The number of hydrogen-bond donors (Lipinski definition) is 2. The molecular formula is C14H20O3. The molecule has 3 heteroatoms. The minimum Gasteiger partial charge on any atom is -0.490 e. The molecule has 0 aromatic heterocycles. The Hall–Kier alpha value is -1.32. The van der Waals surface area contributed by atoms with Gasteiger partial charge in [0.15, 0.2) is 0 Å². The number of aliphatic hydroxyl groups excluding tert-OH is 2. The topological polar surface area (TPSA) is 49.7 Å². The predicted octanol–water partition coefficient (Wildman–Crippen LogP) is 1.93. The molecule has 0 unspecified atom stereocenters. The summed E-state index contributed by atoms with van der Waals surface area (Å²) in [4.78, 5) is 0. The summed E-state index contributed by atoms with van der Waals surface area (Å²) in [5.74, 6) is 0.819. The Kier molecular flexibility index (Phi) is 6.37. The maximum absolute atomic E-state index is 8.81. The summed E-state index contributed by atoms with van der Waals surface area (Å²) in [5, 5.41) is 17.5. The summed E-state index contributed by atoms with van der Waals surface area (Å²) in [6, 6.07) is 7.87. The molecule has 0 radical (unpaired) electrons. The molecule has 0 aliphatic carbocycles. The Bertz CT molecular complexity index is 341. The third-order valence-electron chi connectivity index (χ3n) is 2.48. The van der Waals surface area contributed by atoms with Gasteiger partial charge in [-0.1, -0.05) is 12.1 Å². The maximum atomic E-state index is 8.81. The molecule has 0 amide bonds. The zero-order valence-electron chi connectivity index (χ0n) is 10.2. The van der Waals surface area contributed by atoms with Gasteiger partial charge in [0, 0.05) is 6.61 Å². The fourth-order valence-electron chi connectivity index (χ4n) is 1.38. The SMILES string of the molecule is C/C(=C\COc1ccc(CCCO)cc1)CO. The van der Waals surface area contributed by atoms with Crippen LogP contribution in [0.5, 0.6) is 5.75 Å². The Morgan fingerprint density at radius 1 is 1.24 bits per heavy atom. The van der Waals surface area contributed by atoms with Gasteiger partial charge in [0.1, 0.15) is 12.4 Å². The van der Waals surface area contributed by atoms with Crippen molar-refractivity contribution >= 4 is 0 Å². The van der Waals surface area contributed by atoms with E-state index >= 15 is 0 Å². The van der Waals surface area contributed by atoms with Gasteiger partial charge in [-0.15, -0.1) is 0 Å². The van der Waals surface area contributed by atoms with Crippen LogP contribution in [0.4, 0.5) is 0 Å². The smallest absolute Gasteiger partial charge is 0.119 e. The van der Waals surface area contributed by atoms with E-state index in [-0.39, 0.29) is 13.2 Å². The van der Waals surface area contributed by atoms with Crippen LogP contribution in [-0.4, -0.2) is 30.0 Å². The standard InChI is InChI=1S/C14H20O3/c1-12(11-16)8-10-17-14-6-4-13(5-7-14)3-2-9-15/h4-8,15-16H,2-3,9-11H2,1H3/b12-8+. The lowest BCUT2D eigenvalue weighted by Gasteiger charge is -2.05. The molecule has 1 rings (SSSR count). The molecule has 1 aromatic rings. The highest BCUT2D eigenvalue weighted by Gasteiger charge is 1.95. The predicted molar refractivity (Wildman–Crippen MR) is 68.2 cm³/mol. The van der Waals surface area contributed by atoms with Crippen LogP contribution in [0.1, 0.15) is 18.9 Å². The van der Waals surface area contributed by atoms with Crippen molar-refractivity contribution in [3.05, 3.63) is 41.5 Å². The highest BCUT2D eigenvalue weighted by Crippen LogP contribution is 2.13. The second-order valence-electron chi connectivity index (χ2n) is 3.99. The lowest BCUT2D eigenvalue weighted by Crippen LogP contribution is -1.96. The normalized spacial score (nSPS) is 11.6. The van der Waals surface area contributed by atoms with Crippen LogP contribution in [-0.2, 0) is 6.42 Å². The van der Waals surface area contributed by atoms with E-state index in [9.17, 15) is 0 Å². The maximum Gasteiger partial charge on any atom is 0.119 e. The number of ether oxygens (including phenoxy) is 1. The fraction of sp³-hybridized carbons (Fsp3) is 0.429. The highest BCUT2D eigenvalue weighted by molar-refractivity contribution is 5.27. The Morgan fingerprint density at radius 2 is 1.94 bits per heavy atom. The van der Waals surface area contributed by atoms with Gasteiger partial charge in [0.05, 0.1) is 6.61 Å². The minimum absolute atomic E-state index is 0.0729. The molecule has 0 fully saturated rings. The molecular weight excluding hydrogens is 216 g/mol. The van der Waals surface area contributed by atoms with E-state index in [1.807, 2.05) is 37.3 Å². The van der Waals surface area contributed by atoms with Crippen molar-refractivity contribution in [3.8, 4) is 5.75 Å². The van der Waals surface area contributed by atoms with Gasteiger partial charge in [-0.2, -0.15) is 0 Å². The van der Waals surface area contributed by atoms with Crippen molar-refractivity contribution < 1.29 is 14.9 Å². The molecule has 17 heavy (non-hydrogen) atoms. The summed E-state index contributed by atoms with van der Waals surface area (Å²) in [6.07, 6.45) is 3.54. The average molecular weight is 236 g/mol. The number of aryl methyl sites for hydroxylation is 1. The van der Waals surface area contributed by atoms with Crippen molar-refractivity contribution in [2.24, 2.45) is 0 Å². The summed E-state index contributed by atoms with van der Waals surface area (Å²) < 4.78 is 5.50. The summed E-state index contributed by atoms with van der Waals surface area (Å²) in [6.45, 7) is 2.64. The number of rotatable bonds is 7. The molecule has 1 aromatic carbocycles. The van der Waals surface area contributed by atoms with E-state index in [0.29, 0.717) is 6.61 Å². The number of aliphatic hydroxyl groups is 2. The molecule has 0 saturated carbocycles. The molecule has 0 aliphatic heterocycles. The van der Waals surface area contributed by atoms with E-state index in [1.165, 1.54) is 5.56 Å². The summed E-state index contributed by atoms with van der Waals surface area (Å²) in [5.41, 5.74) is 2.11.